The highest BCUT2D eigenvalue weighted by Gasteiger charge is 2.32. The van der Waals surface area contributed by atoms with Gasteiger partial charge in [0.25, 0.3) is 0 Å². The normalized spacial score (nSPS) is 12.8. The number of benzene rings is 2. The van der Waals surface area contributed by atoms with Crippen molar-refractivity contribution in [2.75, 3.05) is 0 Å². The summed E-state index contributed by atoms with van der Waals surface area (Å²) in [5, 5.41) is 21.5. The first-order valence-electron chi connectivity index (χ1n) is 6.66. The molecule has 25 heavy (non-hydrogen) atoms. The van der Waals surface area contributed by atoms with Crippen molar-refractivity contribution in [3.8, 4) is 5.75 Å². The molecule has 0 saturated carbocycles. The number of nitrogens with one attached hydrogen (secondary N) is 1. The zero-order valence-corrected chi connectivity index (χ0v) is 13.1. The summed E-state index contributed by atoms with van der Waals surface area (Å²) >= 11 is 5.68. The zero-order chi connectivity index (χ0) is 18.4. The Kier molecular flexibility index (Phi) is 5.84. The van der Waals surface area contributed by atoms with Crippen molar-refractivity contribution in [3.63, 3.8) is 0 Å². The molecule has 0 saturated heterocycles. The third-order valence-corrected chi connectivity index (χ3v) is 3.09. The molecule has 2 aromatic carbocycles. The number of halogens is 4. The van der Waals surface area contributed by atoms with Crippen molar-refractivity contribution < 1.29 is 28.3 Å². The van der Waals surface area contributed by atoms with E-state index < -0.39 is 17.9 Å². The van der Waals surface area contributed by atoms with Crippen LogP contribution >= 0.6 is 11.6 Å². The Labute approximate surface area is 144 Å². The fraction of sp³-hybridized carbons (Fsp3) is 0.0667. The van der Waals surface area contributed by atoms with E-state index in [0.29, 0.717) is 5.56 Å². The van der Waals surface area contributed by atoms with Crippen molar-refractivity contribution in [2.24, 2.45) is 10.1 Å². The molecule has 0 aliphatic carbocycles. The lowest BCUT2D eigenvalue weighted by Crippen LogP contribution is -2.29. The SMILES string of the molecule is O/N=C(/C(=Nc1ccc(Cl)cc1OC(F)(F)F)NO)c1ccccc1. The third-order valence-electron chi connectivity index (χ3n) is 2.86. The molecule has 6 nitrogen and oxygen atoms in total. The fourth-order valence-corrected chi connectivity index (χ4v) is 2.04. The van der Waals surface area contributed by atoms with Crippen LogP contribution in [0.25, 0.3) is 0 Å². The average Bonchev–Trinajstić information content (AvgIpc) is 2.56. The molecule has 0 unspecified atom stereocenters. The van der Waals surface area contributed by atoms with E-state index in [-0.39, 0.29) is 16.4 Å². The Morgan fingerprint density at radius 1 is 1.12 bits per heavy atom. The second kappa shape index (κ2) is 7.86. The lowest BCUT2D eigenvalue weighted by Gasteiger charge is -2.13. The Morgan fingerprint density at radius 3 is 2.36 bits per heavy atom. The second-order valence-corrected chi connectivity index (χ2v) is 4.98. The van der Waals surface area contributed by atoms with Gasteiger partial charge in [0.1, 0.15) is 5.69 Å². The highest BCUT2D eigenvalue weighted by atomic mass is 35.5. The van der Waals surface area contributed by atoms with Crippen LogP contribution in [0.5, 0.6) is 5.75 Å². The summed E-state index contributed by atoms with van der Waals surface area (Å²) in [7, 11) is 0. The Bertz CT molecular complexity index is 796. The summed E-state index contributed by atoms with van der Waals surface area (Å²) < 4.78 is 41.4. The molecule has 132 valence electrons. The van der Waals surface area contributed by atoms with Gasteiger partial charge in [-0.1, -0.05) is 47.1 Å². The third kappa shape index (κ3) is 5.10. The van der Waals surface area contributed by atoms with Crippen molar-refractivity contribution in [1.82, 2.24) is 5.48 Å². The van der Waals surface area contributed by atoms with Crippen molar-refractivity contribution in [1.29, 1.82) is 0 Å². The van der Waals surface area contributed by atoms with Gasteiger partial charge in [-0.2, -0.15) is 0 Å². The van der Waals surface area contributed by atoms with E-state index in [2.05, 4.69) is 14.9 Å². The van der Waals surface area contributed by atoms with Gasteiger partial charge in [0.15, 0.2) is 17.3 Å². The largest absolute Gasteiger partial charge is 0.573 e. The summed E-state index contributed by atoms with van der Waals surface area (Å²) in [6.45, 7) is 0. The topological polar surface area (TPSA) is 86.4 Å². The number of hydrogen-bond donors (Lipinski definition) is 3. The molecule has 0 fully saturated rings. The predicted molar refractivity (Wildman–Crippen MR) is 84.9 cm³/mol. The van der Waals surface area contributed by atoms with E-state index >= 15 is 0 Å². The van der Waals surface area contributed by atoms with Gasteiger partial charge in [-0.15, -0.1) is 13.2 Å². The molecule has 0 amide bonds. The van der Waals surface area contributed by atoms with Gasteiger partial charge in [-0.05, 0) is 12.1 Å². The quantitative estimate of drug-likeness (QED) is 0.325. The Hall–Kier alpha value is -2.78. The number of ether oxygens (including phenoxy) is 1. The molecule has 3 N–H and O–H groups in total. The minimum absolute atomic E-state index is 0.00387. The van der Waals surface area contributed by atoms with Gasteiger partial charge in [0.2, 0.25) is 0 Å². The molecule has 0 heterocycles. The first-order chi connectivity index (χ1) is 11.8. The van der Waals surface area contributed by atoms with Gasteiger partial charge in [-0.3, -0.25) is 10.7 Å². The Balaban J connectivity index is 2.49. The lowest BCUT2D eigenvalue weighted by molar-refractivity contribution is -0.274. The van der Waals surface area contributed by atoms with Crippen molar-refractivity contribution in [2.45, 2.75) is 6.36 Å². The number of alkyl halides is 3. The number of hydrogen-bond acceptors (Lipinski definition) is 5. The molecule has 0 aliphatic heterocycles. The predicted octanol–water partition coefficient (Wildman–Crippen LogP) is 4.13. The maximum atomic E-state index is 12.5. The van der Waals surface area contributed by atoms with E-state index in [1.807, 2.05) is 0 Å². The van der Waals surface area contributed by atoms with Gasteiger partial charge in [0.05, 0.1) is 0 Å². The van der Waals surface area contributed by atoms with Crippen molar-refractivity contribution >= 4 is 28.8 Å². The summed E-state index contributed by atoms with van der Waals surface area (Å²) in [6.07, 6.45) is -4.96. The lowest BCUT2D eigenvalue weighted by atomic mass is 10.1. The van der Waals surface area contributed by atoms with Crippen LogP contribution in [0.15, 0.2) is 58.7 Å². The first-order valence-corrected chi connectivity index (χ1v) is 7.04. The molecule has 0 spiro atoms. The summed E-state index contributed by atoms with van der Waals surface area (Å²) in [4.78, 5) is 3.83. The van der Waals surface area contributed by atoms with Gasteiger partial charge in [0, 0.05) is 16.7 Å². The van der Waals surface area contributed by atoms with E-state index in [9.17, 15) is 23.6 Å². The van der Waals surface area contributed by atoms with E-state index in [4.69, 9.17) is 11.6 Å². The van der Waals surface area contributed by atoms with Crippen LogP contribution in [0.4, 0.5) is 18.9 Å². The molecule has 2 rings (SSSR count). The van der Waals surface area contributed by atoms with Crippen LogP contribution in [-0.2, 0) is 0 Å². The number of hydroxylamine groups is 1. The standard InChI is InChI=1S/C15H11ClF3N3O3/c16-10-6-7-11(12(8-10)25-15(17,18)19)20-14(22-24)13(21-23)9-4-2-1-3-5-9/h1-8,23-24H,(H,20,22)/b21-13+. The molecule has 0 radical (unpaired) electrons. The maximum Gasteiger partial charge on any atom is 0.573 e. The minimum atomic E-state index is -4.96. The summed E-state index contributed by atoms with van der Waals surface area (Å²) in [5.41, 5.74) is 1.56. The van der Waals surface area contributed by atoms with Crippen molar-refractivity contribution in [3.05, 3.63) is 59.1 Å². The molecular formula is C15H11ClF3N3O3. The molecule has 0 aliphatic rings. The number of amidine groups is 1. The number of oxime groups is 1. The van der Waals surface area contributed by atoms with Crippen LogP contribution < -0.4 is 10.2 Å². The molecule has 0 bridgehead atoms. The number of nitrogens with zero attached hydrogens (tertiary/aromatic N) is 2. The molecule has 2 aromatic rings. The van der Waals surface area contributed by atoms with E-state index in [1.54, 1.807) is 35.8 Å². The maximum absolute atomic E-state index is 12.5. The highest BCUT2D eigenvalue weighted by molar-refractivity contribution is 6.47. The number of aliphatic imine (C=N–C) groups is 1. The van der Waals surface area contributed by atoms with E-state index in [1.165, 1.54) is 6.07 Å². The summed E-state index contributed by atoms with van der Waals surface area (Å²) in [5.74, 6) is -1.08. The molecule has 10 heteroatoms. The van der Waals surface area contributed by atoms with Gasteiger partial charge < -0.3 is 9.94 Å². The number of rotatable bonds is 4. The molecular weight excluding hydrogens is 363 g/mol. The van der Waals surface area contributed by atoms with Gasteiger partial charge >= 0.3 is 6.36 Å². The molecule has 0 atom stereocenters. The summed E-state index contributed by atoms with van der Waals surface area (Å²) in [6, 6.07) is 11.4. The van der Waals surface area contributed by atoms with Crippen LogP contribution in [0.2, 0.25) is 5.02 Å². The van der Waals surface area contributed by atoms with Crippen LogP contribution in [0.1, 0.15) is 5.56 Å². The smallest absolute Gasteiger partial charge is 0.410 e. The van der Waals surface area contributed by atoms with E-state index in [0.717, 1.165) is 12.1 Å². The van der Waals surface area contributed by atoms with Crippen LogP contribution in [0.3, 0.4) is 0 Å². The zero-order valence-electron chi connectivity index (χ0n) is 12.3. The monoisotopic (exact) mass is 373 g/mol. The highest BCUT2D eigenvalue weighted by Crippen LogP contribution is 2.34. The fourth-order valence-electron chi connectivity index (χ4n) is 1.88. The first kappa shape index (κ1) is 18.6. The van der Waals surface area contributed by atoms with Crippen LogP contribution in [0, 0.1) is 0 Å². The van der Waals surface area contributed by atoms with Crippen LogP contribution in [-0.4, -0.2) is 28.3 Å². The van der Waals surface area contributed by atoms with Gasteiger partial charge in [-0.25, -0.2) is 4.99 Å². The minimum Gasteiger partial charge on any atom is -0.410 e. The Morgan fingerprint density at radius 2 is 1.80 bits per heavy atom. The second-order valence-electron chi connectivity index (χ2n) is 4.55. The average molecular weight is 374 g/mol. The molecule has 0 aromatic heterocycles.